The summed E-state index contributed by atoms with van der Waals surface area (Å²) >= 11 is 0. The van der Waals surface area contributed by atoms with Crippen LogP contribution < -0.4 is 5.84 Å². The largest absolute Gasteiger partial charge is 0.323 e. The highest BCUT2D eigenvalue weighted by Crippen LogP contribution is 2.65. The van der Waals surface area contributed by atoms with Crippen LogP contribution in [0, 0.1) is 34.5 Å². The maximum atomic E-state index is 5.71. The molecule has 0 bridgehead atoms. The zero-order chi connectivity index (χ0) is 14.7. The molecule has 0 aromatic rings. The Bertz CT molecular complexity index is 456. The summed E-state index contributed by atoms with van der Waals surface area (Å²) in [6.45, 7) is 5.13. The van der Waals surface area contributed by atoms with E-state index in [1.165, 1.54) is 69.9 Å². The van der Waals surface area contributed by atoms with Crippen molar-refractivity contribution in [3.05, 3.63) is 0 Å². The van der Waals surface area contributed by atoms with Gasteiger partial charge in [0.05, 0.1) is 0 Å². The molecule has 0 radical (unpaired) electrons. The first-order valence-electron chi connectivity index (χ1n) is 9.37. The van der Waals surface area contributed by atoms with Crippen molar-refractivity contribution in [1.29, 1.82) is 0 Å². The lowest BCUT2D eigenvalue weighted by atomic mass is 9.45. The molecule has 6 atom stereocenters. The lowest BCUT2D eigenvalue weighted by Crippen LogP contribution is -2.52. The van der Waals surface area contributed by atoms with E-state index in [0.717, 1.165) is 23.7 Å². The third-order valence-corrected chi connectivity index (χ3v) is 8.48. The van der Waals surface area contributed by atoms with Crippen LogP contribution in [0.4, 0.5) is 0 Å². The molecule has 0 aliphatic heterocycles. The van der Waals surface area contributed by atoms with Gasteiger partial charge in [0, 0.05) is 11.1 Å². The van der Waals surface area contributed by atoms with Gasteiger partial charge in [0.25, 0.3) is 0 Å². The second kappa shape index (κ2) is 4.73. The lowest BCUT2D eigenvalue weighted by Gasteiger charge is -2.59. The highest BCUT2D eigenvalue weighted by Gasteiger charge is 2.58. The number of hydrogen-bond acceptors (Lipinski definition) is 2. The minimum absolute atomic E-state index is 0.341. The van der Waals surface area contributed by atoms with Gasteiger partial charge in [-0.1, -0.05) is 26.7 Å². The SMILES string of the molecule is C[C@]12CCCCC1CC[C@@H]1[C@H]2CC[C@]2(C)C(=NN)CC[C@@H]12. The van der Waals surface area contributed by atoms with Crippen molar-refractivity contribution in [1.82, 2.24) is 0 Å². The molecule has 0 amide bonds. The fourth-order valence-corrected chi connectivity index (χ4v) is 7.30. The maximum absolute atomic E-state index is 5.71. The van der Waals surface area contributed by atoms with E-state index >= 15 is 0 Å². The van der Waals surface area contributed by atoms with Gasteiger partial charge in [0.15, 0.2) is 0 Å². The number of hydrazone groups is 1. The topological polar surface area (TPSA) is 38.4 Å². The van der Waals surface area contributed by atoms with Crippen molar-refractivity contribution in [2.24, 2.45) is 45.4 Å². The second-order valence-electron chi connectivity index (χ2n) is 8.97. The zero-order valence-corrected chi connectivity index (χ0v) is 13.9. The third kappa shape index (κ3) is 1.80. The van der Waals surface area contributed by atoms with Crippen LogP contribution in [0.5, 0.6) is 0 Å². The Labute approximate surface area is 129 Å². The van der Waals surface area contributed by atoms with Gasteiger partial charge >= 0.3 is 0 Å². The molecule has 2 heteroatoms. The summed E-state index contributed by atoms with van der Waals surface area (Å²) in [5.41, 5.74) is 2.33. The monoisotopic (exact) mass is 288 g/mol. The summed E-state index contributed by atoms with van der Waals surface area (Å²) < 4.78 is 0. The van der Waals surface area contributed by atoms with E-state index in [1.807, 2.05) is 0 Å². The first-order chi connectivity index (χ1) is 10.1. The molecule has 0 aromatic carbocycles. The van der Waals surface area contributed by atoms with Gasteiger partial charge in [-0.25, -0.2) is 0 Å². The molecule has 4 aliphatic carbocycles. The first-order valence-corrected chi connectivity index (χ1v) is 9.37. The van der Waals surface area contributed by atoms with Crippen LogP contribution in [-0.4, -0.2) is 5.71 Å². The summed E-state index contributed by atoms with van der Waals surface area (Å²) in [6, 6.07) is 0. The van der Waals surface area contributed by atoms with Gasteiger partial charge < -0.3 is 5.84 Å². The summed E-state index contributed by atoms with van der Waals surface area (Å²) in [6.07, 6.45) is 14.3. The highest BCUT2D eigenvalue weighted by molar-refractivity contribution is 5.92. The number of hydrogen-bond donors (Lipinski definition) is 1. The van der Waals surface area contributed by atoms with E-state index in [9.17, 15) is 0 Å². The van der Waals surface area contributed by atoms with Crippen LogP contribution in [0.15, 0.2) is 5.10 Å². The molecular weight excluding hydrogens is 256 g/mol. The van der Waals surface area contributed by atoms with Crippen LogP contribution >= 0.6 is 0 Å². The first kappa shape index (κ1) is 14.1. The normalized spacial score (nSPS) is 54.9. The fraction of sp³-hybridized carbons (Fsp3) is 0.947. The molecule has 4 saturated carbocycles. The fourth-order valence-electron chi connectivity index (χ4n) is 7.30. The van der Waals surface area contributed by atoms with Crippen LogP contribution in [0.3, 0.4) is 0 Å². The Kier molecular flexibility index (Phi) is 3.17. The molecule has 1 unspecified atom stereocenters. The average molecular weight is 288 g/mol. The minimum Gasteiger partial charge on any atom is -0.323 e. The summed E-state index contributed by atoms with van der Waals surface area (Å²) in [5.74, 6) is 9.57. The van der Waals surface area contributed by atoms with E-state index in [2.05, 4.69) is 18.9 Å². The minimum atomic E-state index is 0.341. The summed E-state index contributed by atoms with van der Waals surface area (Å²) in [7, 11) is 0. The Morgan fingerprint density at radius 3 is 2.62 bits per heavy atom. The van der Waals surface area contributed by atoms with Crippen molar-refractivity contribution in [3.63, 3.8) is 0 Å². The van der Waals surface area contributed by atoms with Crippen molar-refractivity contribution in [3.8, 4) is 0 Å². The second-order valence-corrected chi connectivity index (χ2v) is 8.97. The highest BCUT2D eigenvalue weighted by atomic mass is 15.1. The number of rotatable bonds is 0. The summed E-state index contributed by atoms with van der Waals surface area (Å²) in [4.78, 5) is 0. The molecule has 118 valence electrons. The molecule has 2 N–H and O–H groups in total. The Morgan fingerprint density at radius 2 is 1.81 bits per heavy atom. The standard InChI is InChI=1S/C19H32N2/c1-18-11-4-3-5-13(18)6-7-14-15-8-9-17(21-20)19(15,2)12-10-16(14)18/h13-16H,3-12,20H2,1-2H3/t13?,14-,15-,16+,18-,19-/m0/s1. The van der Waals surface area contributed by atoms with E-state index in [4.69, 9.17) is 5.84 Å². The van der Waals surface area contributed by atoms with Crippen LogP contribution in [0.25, 0.3) is 0 Å². The van der Waals surface area contributed by atoms with E-state index < -0.39 is 0 Å². The molecule has 21 heavy (non-hydrogen) atoms. The van der Waals surface area contributed by atoms with E-state index in [-0.39, 0.29) is 0 Å². The Balaban J connectivity index is 1.66. The molecule has 4 rings (SSSR count). The van der Waals surface area contributed by atoms with Crippen LogP contribution in [0.1, 0.15) is 78.1 Å². The molecule has 0 spiro atoms. The Hall–Kier alpha value is -0.530. The third-order valence-electron chi connectivity index (χ3n) is 8.48. The number of nitrogens with two attached hydrogens (primary N) is 1. The molecular formula is C19H32N2. The van der Waals surface area contributed by atoms with Crippen molar-refractivity contribution >= 4 is 5.71 Å². The van der Waals surface area contributed by atoms with Crippen molar-refractivity contribution in [2.75, 3.05) is 0 Å². The lowest BCUT2D eigenvalue weighted by molar-refractivity contribution is -0.0936. The smallest absolute Gasteiger partial charge is 0.0437 e. The zero-order valence-electron chi connectivity index (χ0n) is 13.9. The quantitative estimate of drug-likeness (QED) is 0.507. The van der Waals surface area contributed by atoms with Crippen LogP contribution in [-0.2, 0) is 0 Å². The summed E-state index contributed by atoms with van der Waals surface area (Å²) in [5, 5.41) is 4.20. The maximum Gasteiger partial charge on any atom is 0.0437 e. The van der Waals surface area contributed by atoms with Gasteiger partial charge in [0.1, 0.15) is 0 Å². The van der Waals surface area contributed by atoms with Crippen LogP contribution in [0.2, 0.25) is 0 Å². The Morgan fingerprint density at radius 1 is 0.952 bits per heavy atom. The number of nitrogens with zero attached hydrogens (tertiary/aromatic N) is 1. The van der Waals surface area contributed by atoms with E-state index in [0.29, 0.717) is 10.8 Å². The van der Waals surface area contributed by atoms with E-state index in [1.54, 1.807) is 0 Å². The molecule has 2 nitrogen and oxygen atoms in total. The predicted molar refractivity (Wildman–Crippen MR) is 88.0 cm³/mol. The van der Waals surface area contributed by atoms with Gasteiger partial charge in [-0.3, -0.25) is 0 Å². The van der Waals surface area contributed by atoms with Crippen molar-refractivity contribution in [2.45, 2.75) is 78.1 Å². The van der Waals surface area contributed by atoms with Gasteiger partial charge in [-0.2, -0.15) is 5.10 Å². The van der Waals surface area contributed by atoms with Gasteiger partial charge in [0.2, 0.25) is 0 Å². The van der Waals surface area contributed by atoms with Gasteiger partial charge in [-0.05, 0) is 80.5 Å². The molecule has 0 aromatic heterocycles. The average Bonchev–Trinajstić information content (AvgIpc) is 2.83. The predicted octanol–water partition coefficient (Wildman–Crippen LogP) is 4.73. The molecule has 0 saturated heterocycles. The molecule has 4 fully saturated rings. The molecule has 4 aliphatic rings. The molecule has 0 heterocycles. The van der Waals surface area contributed by atoms with Crippen molar-refractivity contribution < 1.29 is 0 Å². The van der Waals surface area contributed by atoms with Gasteiger partial charge in [-0.15, -0.1) is 0 Å². The number of fused-ring (bicyclic) bond motifs is 5.